The van der Waals surface area contributed by atoms with E-state index in [1.165, 1.54) is 32.1 Å². The molecule has 0 bridgehead atoms. The maximum atomic E-state index is 10.3. The lowest BCUT2D eigenvalue weighted by Crippen LogP contribution is -1.93. The minimum atomic E-state index is -0.675. The van der Waals surface area contributed by atoms with E-state index < -0.39 is 5.97 Å². The predicted molar refractivity (Wildman–Crippen MR) is 82.4 cm³/mol. The molecular formula is C17H30O2. The molecule has 0 aliphatic carbocycles. The standard InChI is InChI=1S/C17H30O2/c1-2-3-4-5-6-7-8-9-10-11-12-13-14-15-16-17(18)19/h6-7,9-10H,2-5,8,11-16H2,1H3,(H,18,19)/b7-6+,10-9?. The number of unbranched alkanes of at least 4 members (excludes halogenated alkanes) is 7. The molecule has 0 atom stereocenters. The number of hydrogen-bond acceptors (Lipinski definition) is 1. The summed E-state index contributed by atoms with van der Waals surface area (Å²) in [7, 11) is 0. The van der Waals surface area contributed by atoms with Crippen molar-refractivity contribution in [3.8, 4) is 0 Å². The van der Waals surface area contributed by atoms with E-state index in [1.807, 2.05) is 0 Å². The zero-order valence-corrected chi connectivity index (χ0v) is 12.4. The van der Waals surface area contributed by atoms with Crippen LogP contribution in [0, 0.1) is 0 Å². The molecule has 0 aromatic carbocycles. The van der Waals surface area contributed by atoms with E-state index in [0.29, 0.717) is 6.42 Å². The number of hydrogen-bond donors (Lipinski definition) is 1. The Bertz CT molecular complexity index is 254. The lowest BCUT2D eigenvalue weighted by molar-refractivity contribution is -0.137. The van der Waals surface area contributed by atoms with Gasteiger partial charge in [0.15, 0.2) is 0 Å². The van der Waals surface area contributed by atoms with Crippen molar-refractivity contribution in [3.63, 3.8) is 0 Å². The van der Waals surface area contributed by atoms with Gasteiger partial charge in [0.2, 0.25) is 0 Å². The van der Waals surface area contributed by atoms with Crippen molar-refractivity contribution in [2.45, 2.75) is 77.6 Å². The van der Waals surface area contributed by atoms with Crippen LogP contribution < -0.4 is 0 Å². The minimum Gasteiger partial charge on any atom is -0.481 e. The largest absolute Gasteiger partial charge is 0.481 e. The molecule has 19 heavy (non-hydrogen) atoms. The average molecular weight is 266 g/mol. The summed E-state index contributed by atoms with van der Waals surface area (Å²) in [6.45, 7) is 2.23. The van der Waals surface area contributed by atoms with Gasteiger partial charge in [0, 0.05) is 6.42 Å². The molecule has 0 saturated carbocycles. The van der Waals surface area contributed by atoms with Crippen LogP contribution in [0.3, 0.4) is 0 Å². The van der Waals surface area contributed by atoms with Crippen LogP contribution in [0.1, 0.15) is 77.6 Å². The molecule has 0 spiro atoms. The highest BCUT2D eigenvalue weighted by Gasteiger charge is 1.95. The van der Waals surface area contributed by atoms with Gasteiger partial charge in [0.05, 0.1) is 0 Å². The lowest BCUT2D eigenvalue weighted by Gasteiger charge is -1.96. The molecular weight excluding hydrogens is 236 g/mol. The average Bonchev–Trinajstić information content (AvgIpc) is 2.39. The molecule has 0 amide bonds. The van der Waals surface area contributed by atoms with Gasteiger partial charge in [0.25, 0.3) is 0 Å². The van der Waals surface area contributed by atoms with Crippen LogP contribution in [0.25, 0.3) is 0 Å². The summed E-state index contributed by atoms with van der Waals surface area (Å²) in [5.74, 6) is -0.675. The first kappa shape index (κ1) is 17.9. The van der Waals surface area contributed by atoms with Crippen LogP contribution >= 0.6 is 0 Å². The second-order valence-electron chi connectivity index (χ2n) is 5.02. The van der Waals surface area contributed by atoms with Crippen molar-refractivity contribution in [1.29, 1.82) is 0 Å². The van der Waals surface area contributed by atoms with Gasteiger partial charge in [-0.2, -0.15) is 0 Å². The maximum Gasteiger partial charge on any atom is 0.303 e. The Morgan fingerprint density at radius 2 is 1.42 bits per heavy atom. The molecule has 0 aliphatic heterocycles. The first-order valence-corrected chi connectivity index (χ1v) is 7.79. The molecule has 0 aromatic heterocycles. The Kier molecular flexibility index (Phi) is 14.2. The molecule has 110 valence electrons. The second-order valence-corrected chi connectivity index (χ2v) is 5.02. The van der Waals surface area contributed by atoms with Crippen molar-refractivity contribution in [2.24, 2.45) is 0 Å². The third-order valence-electron chi connectivity index (χ3n) is 3.09. The van der Waals surface area contributed by atoms with Crippen LogP contribution in [0.4, 0.5) is 0 Å². The fourth-order valence-corrected chi connectivity index (χ4v) is 1.91. The van der Waals surface area contributed by atoms with Gasteiger partial charge in [-0.1, -0.05) is 56.9 Å². The smallest absolute Gasteiger partial charge is 0.303 e. The monoisotopic (exact) mass is 266 g/mol. The van der Waals surface area contributed by atoms with Crippen LogP contribution in [0.2, 0.25) is 0 Å². The van der Waals surface area contributed by atoms with E-state index in [9.17, 15) is 4.79 Å². The van der Waals surface area contributed by atoms with E-state index in [0.717, 1.165) is 32.1 Å². The Labute approximate surface area is 118 Å². The maximum absolute atomic E-state index is 10.3. The van der Waals surface area contributed by atoms with Crippen molar-refractivity contribution in [3.05, 3.63) is 24.3 Å². The van der Waals surface area contributed by atoms with Gasteiger partial charge in [-0.15, -0.1) is 0 Å². The zero-order valence-electron chi connectivity index (χ0n) is 12.4. The topological polar surface area (TPSA) is 37.3 Å². The van der Waals surface area contributed by atoms with E-state index >= 15 is 0 Å². The summed E-state index contributed by atoms with van der Waals surface area (Å²) in [5.41, 5.74) is 0. The highest BCUT2D eigenvalue weighted by atomic mass is 16.4. The van der Waals surface area contributed by atoms with Crippen LogP contribution in [-0.2, 0) is 4.79 Å². The van der Waals surface area contributed by atoms with Gasteiger partial charge in [-0.3, -0.25) is 4.79 Å². The van der Waals surface area contributed by atoms with Crippen molar-refractivity contribution < 1.29 is 9.90 Å². The van der Waals surface area contributed by atoms with Crippen molar-refractivity contribution in [2.75, 3.05) is 0 Å². The SMILES string of the molecule is CCCCC/C=C/CC=CCCCCCCC(=O)O. The van der Waals surface area contributed by atoms with Gasteiger partial charge >= 0.3 is 5.97 Å². The molecule has 0 aromatic rings. The van der Waals surface area contributed by atoms with E-state index in [-0.39, 0.29) is 0 Å². The summed E-state index contributed by atoms with van der Waals surface area (Å²) < 4.78 is 0. The normalized spacial score (nSPS) is 11.6. The summed E-state index contributed by atoms with van der Waals surface area (Å²) in [6.07, 6.45) is 20.8. The summed E-state index contributed by atoms with van der Waals surface area (Å²) in [5, 5.41) is 8.49. The fourth-order valence-electron chi connectivity index (χ4n) is 1.91. The first-order chi connectivity index (χ1) is 9.27. The van der Waals surface area contributed by atoms with Crippen molar-refractivity contribution >= 4 is 5.97 Å². The Morgan fingerprint density at radius 3 is 2.00 bits per heavy atom. The molecule has 0 saturated heterocycles. The summed E-state index contributed by atoms with van der Waals surface area (Å²) in [6, 6.07) is 0. The van der Waals surface area contributed by atoms with Crippen molar-refractivity contribution in [1.82, 2.24) is 0 Å². The summed E-state index contributed by atoms with van der Waals surface area (Å²) in [4.78, 5) is 10.3. The first-order valence-electron chi connectivity index (χ1n) is 7.79. The predicted octanol–water partition coefficient (Wildman–Crippen LogP) is 5.49. The molecule has 2 heteroatoms. The highest BCUT2D eigenvalue weighted by Crippen LogP contribution is 2.06. The molecule has 1 N–H and O–H groups in total. The van der Waals surface area contributed by atoms with Gasteiger partial charge < -0.3 is 5.11 Å². The lowest BCUT2D eigenvalue weighted by atomic mass is 10.1. The number of aliphatic carboxylic acids is 1. The van der Waals surface area contributed by atoms with Crippen LogP contribution in [0.15, 0.2) is 24.3 Å². The van der Waals surface area contributed by atoms with E-state index in [2.05, 4.69) is 31.2 Å². The van der Waals surface area contributed by atoms with E-state index in [4.69, 9.17) is 5.11 Å². The number of allylic oxidation sites excluding steroid dienone is 4. The molecule has 0 unspecified atom stereocenters. The van der Waals surface area contributed by atoms with Gasteiger partial charge in [0.1, 0.15) is 0 Å². The number of carboxylic acids is 1. The van der Waals surface area contributed by atoms with Gasteiger partial charge in [-0.25, -0.2) is 0 Å². The highest BCUT2D eigenvalue weighted by molar-refractivity contribution is 5.66. The third kappa shape index (κ3) is 16.9. The second kappa shape index (κ2) is 15.0. The Hall–Kier alpha value is -1.05. The number of rotatable bonds is 13. The molecule has 0 fully saturated rings. The van der Waals surface area contributed by atoms with E-state index in [1.54, 1.807) is 0 Å². The summed E-state index contributed by atoms with van der Waals surface area (Å²) >= 11 is 0. The zero-order chi connectivity index (χ0) is 14.2. The Balaban J connectivity index is 3.19. The minimum absolute atomic E-state index is 0.318. The molecule has 0 radical (unpaired) electrons. The van der Waals surface area contributed by atoms with Gasteiger partial charge in [-0.05, 0) is 38.5 Å². The fraction of sp³-hybridized carbons (Fsp3) is 0.706. The third-order valence-corrected chi connectivity index (χ3v) is 3.09. The number of carboxylic acid groups (broad SMARTS) is 1. The van der Waals surface area contributed by atoms with Crippen LogP contribution in [-0.4, -0.2) is 11.1 Å². The molecule has 2 nitrogen and oxygen atoms in total. The molecule has 0 heterocycles. The quantitative estimate of drug-likeness (QED) is 0.353. The molecule has 0 aliphatic rings. The Morgan fingerprint density at radius 1 is 0.842 bits per heavy atom. The number of carbonyl (C=O) groups is 1. The van der Waals surface area contributed by atoms with Crippen LogP contribution in [0.5, 0.6) is 0 Å². The molecule has 0 rings (SSSR count).